The molecule has 0 saturated heterocycles. The van der Waals surface area contributed by atoms with E-state index in [0.29, 0.717) is 6.04 Å². The molecule has 0 saturated carbocycles. The zero-order valence-electron chi connectivity index (χ0n) is 9.03. The summed E-state index contributed by atoms with van der Waals surface area (Å²) in [5.41, 5.74) is 0. The second-order valence-corrected chi connectivity index (χ2v) is 6.07. The Balaban J connectivity index is 2.29. The second kappa shape index (κ2) is 5.35. The first kappa shape index (κ1) is 12.2. The van der Waals surface area contributed by atoms with E-state index in [-0.39, 0.29) is 0 Å². The first-order chi connectivity index (χ1) is 7.76. The van der Waals surface area contributed by atoms with Crippen LogP contribution in [0.15, 0.2) is 15.9 Å². The van der Waals surface area contributed by atoms with Crippen LogP contribution in [0.1, 0.15) is 24.4 Å². The summed E-state index contributed by atoms with van der Waals surface area (Å²) in [5, 5.41) is 15.8. The zero-order valence-corrected chi connectivity index (χ0v) is 12.2. The molecular formula is C10H12BrN3S2. The molecule has 86 valence electrons. The average Bonchev–Trinajstić information content (AvgIpc) is 2.89. The van der Waals surface area contributed by atoms with E-state index in [1.165, 1.54) is 0 Å². The van der Waals surface area contributed by atoms with E-state index in [2.05, 4.69) is 43.7 Å². The normalized spacial score (nSPS) is 12.9. The molecule has 16 heavy (non-hydrogen) atoms. The van der Waals surface area contributed by atoms with Gasteiger partial charge in [0.1, 0.15) is 5.01 Å². The Morgan fingerprint density at radius 3 is 2.88 bits per heavy atom. The average molecular weight is 318 g/mol. The Morgan fingerprint density at radius 2 is 2.31 bits per heavy atom. The molecule has 2 rings (SSSR count). The summed E-state index contributed by atoms with van der Waals surface area (Å²) < 4.78 is 1.10. The fourth-order valence-corrected chi connectivity index (χ4v) is 4.24. The van der Waals surface area contributed by atoms with Crippen LogP contribution in [0.5, 0.6) is 0 Å². The van der Waals surface area contributed by atoms with Crippen molar-refractivity contribution in [3.63, 3.8) is 0 Å². The Bertz CT molecular complexity index is 462. The van der Waals surface area contributed by atoms with Crippen LogP contribution in [0.4, 0.5) is 0 Å². The van der Waals surface area contributed by atoms with E-state index >= 15 is 0 Å². The smallest absolute Gasteiger partial charge is 0.159 e. The van der Waals surface area contributed by atoms with E-state index in [1.807, 2.05) is 13.1 Å². The molecule has 2 heterocycles. The lowest BCUT2D eigenvalue weighted by Gasteiger charge is -2.07. The standard InChI is InChI=1S/C10H12BrN3S2/c1-3-7(12-2)9-13-14-10(16-9)8-6(11)4-5-15-8/h4-5,7,12H,3H2,1-2H3. The molecule has 0 aliphatic carbocycles. The van der Waals surface area contributed by atoms with Crippen LogP contribution in [0.3, 0.4) is 0 Å². The molecule has 1 atom stereocenters. The van der Waals surface area contributed by atoms with Gasteiger partial charge in [0, 0.05) is 4.47 Å². The molecule has 0 aliphatic rings. The lowest BCUT2D eigenvalue weighted by atomic mass is 10.2. The molecule has 1 unspecified atom stereocenters. The number of halogens is 1. The van der Waals surface area contributed by atoms with Crippen molar-refractivity contribution in [1.82, 2.24) is 15.5 Å². The molecule has 0 bridgehead atoms. The van der Waals surface area contributed by atoms with Gasteiger partial charge in [0.2, 0.25) is 0 Å². The number of nitrogens with zero attached hydrogens (tertiary/aromatic N) is 2. The Kier molecular flexibility index (Phi) is 4.07. The third-order valence-corrected chi connectivity index (χ3v) is 5.33. The molecule has 3 nitrogen and oxygen atoms in total. The number of rotatable bonds is 4. The van der Waals surface area contributed by atoms with E-state index in [4.69, 9.17) is 0 Å². The second-order valence-electron chi connectivity index (χ2n) is 3.29. The molecule has 0 spiro atoms. The maximum absolute atomic E-state index is 4.25. The van der Waals surface area contributed by atoms with Gasteiger partial charge >= 0.3 is 0 Å². The predicted octanol–water partition coefficient (Wildman–Crippen LogP) is 3.70. The molecular weight excluding hydrogens is 306 g/mol. The molecule has 0 aliphatic heterocycles. The number of thiophene rings is 1. The topological polar surface area (TPSA) is 37.8 Å². The molecule has 0 fully saturated rings. The zero-order chi connectivity index (χ0) is 11.5. The van der Waals surface area contributed by atoms with Gasteiger partial charge in [0.15, 0.2) is 5.01 Å². The summed E-state index contributed by atoms with van der Waals surface area (Å²) in [4.78, 5) is 1.16. The SMILES string of the molecule is CCC(NC)c1nnc(-c2sccc2Br)s1. The van der Waals surface area contributed by atoms with Crippen LogP contribution in [0, 0.1) is 0 Å². The Morgan fingerprint density at radius 1 is 1.50 bits per heavy atom. The van der Waals surface area contributed by atoms with Crippen LogP contribution in [-0.2, 0) is 0 Å². The van der Waals surface area contributed by atoms with Crippen LogP contribution < -0.4 is 5.32 Å². The highest BCUT2D eigenvalue weighted by atomic mass is 79.9. The fraction of sp³-hybridized carbons (Fsp3) is 0.400. The van der Waals surface area contributed by atoms with E-state index in [0.717, 1.165) is 25.8 Å². The van der Waals surface area contributed by atoms with Crippen LogP contribution in [-0.4, -0.2) is 17.2 Å². The Hall–Kier alpha value is -0.300. The van der Waals surface area contributed by atoms with Gasteiger partial charge in [-0.1, -0.05) is 18.3 Å². The molecule has 0 amide bonds. The van der Waals surface area contributed by atoms with Crippen molar-refractivity contribution in [3.05, 3.63) is 20.9 Å². The molecule has 1 N–H and O–H groups in total. The van der Waals surface area contributed by atoms with Gasteiger partial charge in [0.25, 0.3) is 0 Å². The highest BCUT2D eigenvalue weighted by Gasteiger charge is 2.15. The minimum Gasteiger partial charge on any atom is -0.311 e. The van der Waals surface area contributed by atoms with Gasteiger partial charge in [0.05, 0.1) is 10.9 Å². The first-order valence-corrected chi connectivity index (χ1v) is 7.49. The van der Waals surface area contributed by atoms with Crippen LogP contribution in [0.2, 0.25) is 0 Å². The summed E-state index contributed by atoms with van der Waals surface area (Å²) in [6.45, 7) is 2.14. The van der Waals surface area contributed by atoms with Crippen molar-refractivity contribution < 1.29 is 0 Å². The predicted molar refractivity (Wildman–Crippen MR) is 73.0 cm³/mol. The van der Waals surface area contributed by atoms with Crippen LogP contribution >= 0.6 is 38.6 Å². The third kappa shape index (κ3) is 2.34. The van der Waals surface area contributed by atoms with E-state index in [1.54, 1.807) is 22.7 Å². The van der Waals surface area contributed by atoms with Crippen molar-refractivity contribution >= 4 is 38.6 Å². The highest BCUT2D eigenvalue weighted by molar-refractivity contribution is 9.10. The van der Waals surface area contributed by atoms with Crippen molar-refractivity contribution in [2.75, 3.05) is 7.05 Å². The summed E-state index contributed by atoms with van der Waals surface area (Å²) in [6.07, 6.45) is 1.02. The van der Waals surface area contributed by atoms with Crippen molar-refractivity contribution in [2.45, 2.75) is 19.4 Å². The summed E-state index contributed by atoms with van der Waals surface area (Å²) >= 11 is 6.86. The lowest BCUT2D eigenvalue weighted by molar-refractivity contribution is 0.568. The Labute approximate surface area is 111 Å². The van der Waals surface area contributed by atoms with E-state index < -0.39 is 0 Å². The summed E-state index contributed by atoms with van der Waals surface area (Å²) in [7, 11) is 1.95. The van der Waals surface area contributed by atoms with Gasteiger partial charge in [-0.2, -0.15) is 0 Å². The molecule has 2 aromatic rings. The quantitative estimate of drug-likeness (QED) is 0.934. The van der Waals surface area contributed by atoms with Gasteiger partial charge in [-0.3, -0.25) is 0 Å². The minimum atomic E-state index is 0.310. The number of hydrogen-bond donors (Lipinski definition) is 1. The molecule has 0 aromatic carbocycles. The highest BCUT2D eigenvalue weighted by Crippen LogP contribution is 2.36. The van der Waals surface area contributed by atoms with Crippen molar-refractivity contribution in [2.24, 2.45) is 0 Å². The first-order valence-electron chi connectivity index (χ1n) is 5.00. The van der Waals surface area contributed by atoms with Crippen molar-refractivity contribution in [3.8, 4) is 9.88 Å². The monoisotopic (exact) mass is 317 g/mol. The lowest BCUT2D eigenvalue weighted by Crippen LogP contribution is -2.14. The number of hydrogen-bond acceptors (Lipinski definition) is 5. The van der Waals surface area contributed by atoms with E-state index in [9.17, 15) is 0 Å². The molecule has 2 aromatic heterocycles. The number of nitrogens with one attached hydrogen (secondary N) is 1. The van der Waals surface area contributed by atoms with Gasteiger partial charge in [-0.25, -0.2) is 0 Å². The minimum absolute atomic E-state index is 0.310. The van der Waals surface area contributed by atoms with Gasteiger partial charge in [-0.15, -0.1) is 21.5 Å². The fourth-order valence-electron chi connectivity index (χ4n) is 1.42. The maximum Gasteiger partial charge on any atom is 0.159 e. The van der Waals surface area contributed by atoms with Crippen molar-refractivity contribution in [1.29, 1.82) is 0 Å². The summed E-state index contributed by atoms with van der Waals surface area (Å²) in [5.74, 6) is 0. The largest absolute Gasteiger partial charge is 0.311 e. The summed E-state index contributed by atoms with van der Waals surface area (Å²) in [6, 6.07) is 2.35. The van der Waals surface area contributed by atoms with Gasteiger partial charge < -0.3 is 5.32 Å². The third-order valence-electron chi connectivity index (χ3n) is 2.31. The van der Waals surface area contributed by atoms with Gasteiger partial charge in [-0.05, 0) is 40.8 Å². The molecule has 6 heteroatoms. The maximum atomic E-state index is 4.25. The van der Waals surface area contributed by atoms with Crippen LogP contribution in [0.25, 0.3) is 9.88 Å². The number of aromatic nitrogens is 2. The molecule has 0 radical (unpaired) electrons.